The Labute approximate surface area is 129 Å². The molecule has 1 aromatic carbocycles. The van der Waals surface area contributed by atoms with Crippen LogP contribution in [0.2, 0.25) is 0 Å². The molecule has 1 fully saturated rings. The Balaban J connectivity index is 1.74. The zero-order valence-corrected chi connectivity index (χ0v) is 12.7. The average molecular weight is 300 g/mol. The Bertz CT molecular complexity index is 624. The minimum atomic E-state index is -0.348. The van der Waals surface area contributed by atoms with Crippen molar-refractivity contribution in [2.45, 2.75) is 32.3 Å². The van der Waals surface area contributed by atoms with Gasteiger partial charge in [0.25, 0.3) is 0 Å². The zero-order chi connectivity index (χ0) is 15.5. The topological polar surface area (TPSA) is 58.6 Å². The highest BCUT2D eigenvalue weighted by molar-refractivity contribution is 5.90. The number of cyclic esters (lactones) is 1. The van der Waals surface area contributed by atoms with Crippen LogP contribution in [0.3, 0.4) is 0 Å². The van der Waals surface area contributed by atoms with Crippen LogP contribution < -0.4 is 10.2 Å². The number of aryl methyl sites for hydroxylation is 1. The molecule has 1 unspecified atom stereocenters. The summed E-state index contributed by atoms with van der Waals surface area (Å²) in [5.41, 5.74) is 3.36. The lowest BCUT2D eigenvalue weighted by Gasteiger charge is -2.15. The van der Waals surface area contributed by atoms with Crippen LogP contribution in [0.25, 0.3) is 6.08 Å². The van der Waals surface area contributed by atoms with Crippen molar-refractivity contribution in [3.05, 3.63) is 35.4 Å². The van der Waals surface area contributed by atoms with E-state index in [0.29, 0.717) is 13.1 Å². The number of anilines is 1. The van der Waals surface area contributed by atoms with Gasteiger partial charge in [-0.05, 0) is 42.5 Å². The van der Waals surface area contributed by atoms with Gasteiger partial charge in [0.1, 0.15) is 6.10 Å². The van der Waals surface area contributed by atoms with Gasteiger partial charge in [-0.3, -0.25) is 9.69 Å². The Morgan fingerprint density at radius 3 is 3.14 bits per heavy atom. The Hall–Kier alpha value is -2.30. The molecule has 5 nitrogen and oxygen atoms in total. The van der Waals surface area contributed by atoms with Crippen molar-refractivity contribution in [3.8, 4) is 0 Å². The van der Waals surface area contributed by atoms with E-state index >= 15 is 0 Å². The highest BCUT2D eigenvalue weighted by Gasteiger charge is 2.32. The summed E-state index contributed by atoms with van der Waals surface area (Å²) in [5, 5.41) is 2.69. The molecule has 1 heterocycles. The molecule has 2 amide bonds. The van der Waals surface area contributed by atoms with E-state index in [1.54, 1.807) is 4.90 Å². The molecule has 1 aromatic rings. The normalized spacial score (nSPS) is 20.3. The first-order valence-electron chi connectivity index (χ1n) is 7.65. The maximum atomic E-state index is 12.0. The molecule has 1 aliphatic heterocycles. The maximum Gasteiger partial charge on any atom is 0.414 e. The summed E-state index contributed by atoms with van der Waals surface area (Å²) in [6.45, 7) is 2.27. The second-order valence-electron chi connectivity index (χ2n) is 5.73. The van der Waals surface area contributed by atoms with Crippen molar-refractivity contribution < 1.29 is 14.3 Å². The largest absolute Gasteiger partial charge is 0.442 e. The predicted molar refractivity (Wildman–Crippen MR) is 84.7 cm³/mol. The van der Waals surface area contributed by atoms with Crippen LogP contribution in [-0.2, 0) is 16.0 Å². The molecule has 1 N–H and O–H groups in total. The van der Waals surface area contributed by atoms with Gasteiger partial charge in [-0.25, -0.2) is 4.79 Å². The molecule has 0 saturated carbocycles. The number of carbonyl (C=O) groups excluding carboxylic acids is 2. The Morgan fingerprint density at radius 1 is 1.45 bits per heavy atom. The first-order valence-corrected chi connectivity index (χ1v) is 7.65. The van der Waals surface area contributed by atoms with Crippen LogP contribution in [-0.4, -0.2) is 31.2 Å². The molecule has 1 saturated heterocycles. The number of hydrogen-bond donors (Lipinski definition) is 1. The summed E-state index contributed by atoms with van der Waals surface area (Å²) in [6.07, 6.45) is 6.94. The van der Waals surface area contributed by atoms with Gasteiger partial charge in [-0.1, -0.05) is 18.2 Å². The van der Waals surface area contributed by atoms with Crippen LogP contribution in [0.5, 0.6) is 0 Å². The van der Waals surface area contributed by atoms with Crippen molar-refractivity contribution >= 4 is 23.8 Å². The first kappa shape index (κ1) is 14.6. The average Bonchev–Trinajstić information content (AvgIpc) is 2.71. The van der Waals surface area contributed by atoms with E-state index in [1.807, 2.05) is 6.07 Å². The molecule has 116 valence electrons. The van der Waals surface area contributed by atoms with Crippen LogP contribution >= 0.6 is 0 Å². The minimum Gasteiger partial charge on any atom is -0.442 e. The quantitative estimate of drug-likeness (QED) is 0.933. The maximum absolute atomic E-state index is 12.0. The third kappa shape index (κ3) is 3.13. The van der Waals surface area contributed by atoms with Crippen molar-refractivity contribution in [2.75, 3.05) is 18.0 Å². The van der Waals surface area contributed by atoms with Gasteiger partial charge < -0.3 is 10.1 Å². The van der Waals surface area contributed by atoms with E-state index in [4.69, 9.17) is 4.74 Å². The van der Waals surface area contributed by atoms with Gasteiger partial charge in [0.2, 0.25) is 5.91 Å². The Morgan fingerprint density at radius 2 is 2.32 bits per heavy atom. The molecule has 0 aromatic heterocycles. The standard InChI is InChI=1S/C17H20N2O3/c1-12(20)18-10-16-11-19(17(21)22-16)15-8-7-13-5-3-2-4-6-14(13)9-15/h3,5,7-9,16H,2,4,6,10-11H2,1H3,(H,18,20). The first-order chi connectivity index (χ1) is 10.6. The molecular weight excluding hydrogens is 280 g/mol. The van der Waals surface area contributed by atoms with Crippen molar-refractivity contribution in [1.82, 2.24) is 5.32 Å². The van der Waals surface area contributed by atoms with Gasteiger partial charge in [-0.15, -0.1) is 0 Å². The summed E-state index contributed by atoms with van der Waals surface area (Å²) >= 11 is 0. The molecule has 2 aliphatic rings. The van der Waals surface area contributed by atoms with E-state index in [-0.39, 0.29) is 18.1 Å². The molecular formula is C17H20N2O3. The second kappa shape index (κ2) is 6.22. The van der Waals surface area contributed by atoms with Gasteiger partial charge in [0, 0.05) is 12.6 Å². The number of hydrogen-bond acceptors (Lipinski definition) is 3. The fourth-order valence-electron chi connectivity index (χ4n) is 2.86. The summed E-state index contributed by atoms with van der Waals surface area (Å²) in [7, 11) is 0. The number of nitrogens with one attached hydrogen (secondary N) is 1. The summed E-state index contributed by atoms with van der Waals surface area (Å²) in [6, 6.07) is 6.09. The second-order valence-corrected chi connectivity index (χ2v) is 5.73. The van der Waals surface area contributed by atoms with E-state index in [2.05, 4.69) is 29.6 Å². The summed E-state index contributed by atoms with van der Waals surface area (Å²) in [4.78, 5) is 24.6. The molecule has 1 atom stereocenters. The number of rotatable bonds is 3. The van der Waals surface area contributed by atoms with Crippen LogP contribution in [0.1, 0.15) is 30.9 Å². The minimum absolute atomic E-state index is 0.119. The van der Waals surface area contributed by atoms with Crippen LogP contribution in [0.4, 0.5) is 10.5 Å². The molecule has 1 aliphatic carbocycles. The van der Waals surface area contributed by atoms with Gasteiger partial charge in [0.05, 0.1) is 13.1 Å². The predicted octanol–water partition coefficient (Wildman–Crippen LogP) is 2.50. The van der Waals surface area contributed by atoms with E-state index in [9.17, 15) is 9.59 Å². The summed E-state index contributed by atoms with van der Waals surface area (Å²) in [5.74, 6) is -0.119. The highest BCUT2D eigenvalue weighted by Crippen LogP contribution is 2.27. The molecule has 0 spiro atoms. The lowest BCUT2D eigenvalue weighted by atomic mass is 10.0. The van der Waals surface area contributed by atoms with Crippen molar-refractivity contribution in [2.24, 2.45) is 0 Å². The van der Waals surface area contributed by atoms with E-state index in [0.717, 1.165) is 24.9 Å². The van der Waals surface area contributed by atoms with Crippen molar-refractivity contribution in [1.29, 1.82) is 0 Å². The number of allylic oxidation sites excluding steroid dienone is 1. The number of benzene rings is 1. The number of amides is 2. The number of nitrogens with zero attached hydrogens (tertiary/aromatic N) is 1. The number of fused-ring (bicyclic) bond motifs is 1. The fraction of sp³-hybridized carbons (Fsp3) is 0.412. The van der Waals surface area contributed by atoms with Crippen molar-refractivity contribution in [3.63, 3.8) is 0 Å². The summed E-state index contributed by atoms with van der Waals surface area (Å²) < 4.78 is 5.31. The van der Waals surface area contributed by atoms with Crippen LogP contribution in [0, 0.1) is 0 Å². The third-order valence-corrected chi connectivity index (χ3v) is 4.01. The van der Waals surface area contributed by atoms with Gasteiger partial charge in [-0.2, -0.15) is 0 Å². The van der Waals surface area contributed by atoms with Gasteiger partial charge >= 0.3 is 6.09 Å². The number of carbonyl (C=O) groups is 2. The third-order valence-electron chi connectivity index (χ3n) is 4.01. The monoisotopic (exact) mass is 300 g/mol. The van der Waals surface area contributed by atoms with E-state index < -0.39 is 0 Å². The SMILES string of the molecule is CC(=O)NCC1CN(c2ccc3c(c2)CCCC=C3)C(=O)O1. The molecule has 0 bridgehead atoms. The Kier molecular flexibility index (Phi) is 4.13. The lowest BCUT2D eigenvalue weighted by Crippen LogP contribution is -2.33. The molecule has 3 rings (SSSR count). The van der Waals surface area contributed by atoms with Gasteiger partial charge in [0.15, 0.2) is 0 Å². The zero-order valence-electron chi connectivity index (χ0n) is 12.7. The molecule has 5 heteroatoms. The molecule has 22 heavy (non-hydrogen) atoms. The smallest absolute Gasteiger partial charge is 0.414 e. The van der Waals surface area contributed by atoms with E-state index in [1.165, 1.54) is 18.1 Å². The molecule has 0 radical (unpaired) electrons. The van der Waals surface area contributed by atoms with Crippen LogP contribution in [0.15, 0.2) is 24.3 Å². The highest BCUT2D eigenvalue weighted by atomic mass is 16.6. The lowest BCUT2D eigenvalue weighted by molar-refractivity contribution is -0.119. The number of ether oxygens (including phenoxy) is 1. The fourth-order valence-corrected chi connectivity index (χ4v) is 2.86.